The molecule has 0 atom stereocenters. The van der Waals surface area contributed by atoms with E-state index in [1.165, 1.54) is 18.2 Å². The van der Waals surface area contributed by atoms with Crippen molar-refractivity contribution in [1.82, 2.24) is 0 Å². The zero-order valence-corrected chi connectivity index (χ0v) is 10.2. The Morgan fingerprint density at radius 1 is 1.59 bits per heavy atom. The van der Waals surface area contributed by atoms with Crippen LogP contribution in [0.4, 0.5) is 15.8 Å². The van der Waals surface area contributed by atoms with E-state index < -0.39 is 10.7 Å². The zero-order chi connectivity index (χ0) is 12.5. The van der Waals surface area contributed by atoms with Gasteiger partial charge >= 0.3 is 0 Å². The number of benzene rings is 1. The Labute approximate surface area is 103 Å². The fourth-order valence-corrected chi connectivity index (χ4v) is 2.41. The summed E-state index contributed by atoms with van der Waals surface area (Å²) in [7, 11) is 0. The third-order valence-electron chi connectivity index (χ3n) is 3.02. The van der Waals surface area contributed by atoms with Gasteiger partial charge in [0.2, 0.25) is 0 Å². The molecule has 1 saturated carbocycles. The number of nitro benzene ring substituents is 1. The van der Waals surface area contributed by atoms with Crippen molar-refractivity contribution >= 4 is 23.1 Å². The smallest absolute Gasteiger partial charge is 0.295 e. The molecule has 1 aromatic rings. The highest BCUT2D eigenvalue weighted by Gasteiger charge is 2.42. The maximum atomic E-state index is 13.5. The predicted octanol–water partition coefficient (Wildman–Crippen LogP) is 3.04. The molecule has 1 aliphatic carbocycles. The van der Waals surface area contributed by atoms with Crippen LogP contribution < -0.4 is 5.32 Å². The summed E-state index contributed by atoms with van der Waals surface area (Å²) in [5, 5.41) is 13.7. The molecule has 0 saturated heterocycles. The molecule has 0 heterocycles. The van der Waals surface area contributed by atoms with Gasteiger partial charge in [0.25, 0.3) is 5.69 Å². The third-order valence-corrected chi connectivity index (χ3v) is 4.43. The normalized spacial score (nSPS) is 16.6. The van der Waals surface area contributed by atoms with Crippen molar-refractivity contribution in [2.45, 2.75) is 17.6 Å². The van der Waals surface area contributed by atoms with Gasteiger partial charge in [0.1, 0.15) is 5.69 Å². The average Bonchev–Trinajstić information content (AvgIpc) is 3.08. The first-order chi connectivity index (χ1) is 8.08. The fourth-order valence-electron chi connectivity index (χ4n) is 1.68. The summed E-state index contributed by atoms with van der Waals surface area (Å²) in [5.74, 6) is -0.573. The Hall–Kier alpha value is -1.30. The van der Waals surface area contributed by atoms with E-state index >= 15 is 0 Å². The van der Waals surface area contributed by atoms with Crippen LogP contribution in [-0.4, -0.2) is 22.5 Å². The van der Waals surface area contributed by atoms with Crippen LogP contribution in [0.3, 0.4) is 0 Å². The Morgan fingerprint density at radius 3 is 2.82 bits per heavy atom. The van der Waals surface area contributed by atoms with Gasteiger partial charge in [-0.25, -0.2) is 4.39 Å². The van der Waals surface area contributed by atoms with Gasteiger partial charge in [0.15, 0.2) is 5.82 Å². The summed E-state index contributed by atoms with van der Waals surface area (Å²) in [6.07, 6.45) is 4.15. The lowest BCUT2D eigenvalue weighted by Crippen LogP contribution is -2.18. The van der Waals surface area contributed by atoms with E-state index in [2.05, 4.69) is 5.32 Å². The van der Waals surface area contributed by atoms with Gasteiger partial charge in [-0.15, -0.1) is 0 Å². The molecule has 0 bridgehead atoms. The van der Waals surface area contributed by atoms with Crippen molar-refractivity contribution in [2.75, 3.05) is 18.1 Å². The molecule has 0 radical (unpaired) electrons. The Bertz CT molecular complexity index is 449. The van der Waals surface area contributed by atoms with Crippen LogP contribution in [0.2, 0.25) is 0 Å². The largest absolute Gasteiger partial charge is 0.376 e. The van der Waals surface area contributed by atoms with Crippen molar-refractivity contribution in [1.29, 1.82) is 0 Å². The highest BCUT2D eigenvalue weighted by molar-refractivity contribution is 8.00. The first kappa shape index (κ1) is 12.2. The van der Waals surface area contributed by atoms with Gasteiger partial charge in [-0.3, -0.25) is 10.1 Å². The molecule has 1 fully saturated rings. The minimum absolute atomic E-state index is 0.00201. The van der Waals surface area contributed by atoms with E-state index in [-0.39, 0.29) is 16.1 Å². The lowest BCUT2D eigenvalue weighted by molar-refractivity contribution is -0.384. The van der Waals surface area contributed by atoms with Crippen LogP contribution in [0.25, 0.3) is 0 Å². The number of thioether (sulfide) groups is 1. The number of para-hydroxylation sites is 1. The van der Waals surface area contributed by atoms with Crippen molar-refractivity contribution in [3.05, 3.63) is 34.1 Å². The number of hydrogen-bond acceptors (Lipinski definition) is 4. The van der Waals surface area contributed by atoms with Crippen molar-refractivity contribution in [2.24, 2.45) is 0 Å². The van der Waals surface area contributed by atoms with Crippen molar-refractivity contribution in [3.63, 3.8) is 0 Å². The van der Waals surface area contributed by atoms with Gasteiger partial charge in [-0.2, -0.15) is 11.8 Å². The second-order valence-electron chi connectivity index (χ2n) is 4.13. The quantitative estimate of drug-likeness (QED) is 0.650. The molecule has 92 valence electrons. The summed E-state index contributed by atoms with van der Waals surface area (Å²) in [5.41, 5.74) is -0.209. The van der Waals surface area contributed by atoms with Crippen LogP contribution >= 0.6 is 11.8 Å². The monoisotopic (exact) mass is 256 g/mol. The Kier molecular flexibility index (Phi) is 3.24. The van der Waals surface area contributed by atoms with E-state index in [9.17, 15) is 14.5 Å². The summed E-state index contributed by atoms with van der Waals surface area (Å²) in [6.45, 7) is 0.565. The Morgan fingerprint density at radius 2 is 2.29 bits per heavy atom. The van der Waals surface area contributed by atoms with Gasteiger partial charge in [-0.1, -0.05) is 6.07 Å². The van der Waals surface area contributed by atoms with E-state index in [1.807, 2.05) is 6.26 Å². The molecule has 6 heteroatoms. The molecule has 1 aliphatic rings. The molecular weight excluding hydrogens is 243 g/mol. The minimum atomic E-state index is -0.573. The topological polar surface area (TPSA) is 55.2 Å². The SMILES string of the molecule is CSC1(CNc2c(F)cccc2[N+](=O)[O-])CC1. The van der Waals surface area contributed by atoms with Crippen molar-refractivity contribution < 1.29 is 9.31 Å². The first-order valence-electron chi connectivity index (χ1n) is 5.30. The molecule has 0 unspecified atom stereocenters. The summed E-state index contributed by atoms with van der Waals surface area (Å²) in [4.78, 5) is 10.2. The molecule has 1 aromatic carbocycles. The maximum Gasteiger partial charge on any atom is 0.295 e. The summed E-state index contributed by atoms with van der Waals surface area (Å²) in [6, 6.07) is 3.89. The standard InChI is InChI=1S/C11H13FN2O2S/c1-17-11(5-6-11)7-13-10-8(12)3-2-4-9(10)14(15)16/h2-4,13H,5-7H2,1H3. The summed E-state index contributed by atoms with van der Waals surface area (Å²) < 4.78 is 13.7. The lowest BCUT2D eigenvalue weighted by Gasteiger charge is -2.14. The Balaban J connectivity index is 2.17. The number of anilines is 1. The molecule has 0 spiro atoms. The molecule has 0 aromatic heterocycles. The highest BCUT2D eigenvalue weighted by Crippen LogP contribution is 2.47. The number of nitrogens with zero attached hydrogens (tertiary/aromatic N) is 1. The van der Waals surface area contributed by atoms with Crippen LogP contribution in [0, 0.1) is 15.9 Å². The van der Waals surface area contributed by atoms with E-state index in [0.717, 1.165) is 12.8 Å². The average molecular weight is 256 g/mol. The molecule has 0 amide bonds. The molecule has 17 heavy (non-hydrogen) atoms. The van der Waals surface area contributed by atoms with Gasteiger partial charge in [0, 0.05) is 17.4 Å². The number of hydrogen-bond donors (Lipinski definition) is 1. The van der Waals surface area contributed by atoms with E-state index in [4.69, 9.17) is 0 Å². The molecule has 4 nitrogen and oxygen atoms in total. The van der Waals surface area contributed by atoms with Gasteiger partial charge in [-0.05, 0) is 25.2 Å². The lowest BCUT2D eigenvalue weighted by atomic mass is 10.2. The zero-order valence-electron chi connectivity index (χ0n) is 9.40. The second kappa shape index (κ2) is 4.52. The van der Waals surface area contributed by atoms with Gasteiger partial charge < -0.3 is 5.32 Å². The number of nitro groups is 1. The summed E-state index contributed by atoms with van der Waals surface area (Å²) >= 11 is 1.72. The van der Waals surface area contributed by atoms with Crippen LogP contribution in [0.15, 0.2) is 18.2 Å². The number of halogens is 1. The number of nitrogens with one attached hydrogen (secondary N) is 1. The van der Waals surface area contributed by atoms with Crippen LogP contribution in [-0.2, 0) is 0 Å². The molecular formula is C11H13FN2O2S. The fraction of sp³-hybridized carbons (Fsp3) is 0.455. The number of rotatable bonds is 5. The minimum Gasteiger partial charge on any atom is -0.376 e. The molecule has 1 N–H and O–H groups in total. The van der Waals surface area contributed by atoms with E-state index in [1.54, 1.807) is 11.8 Å². The molecule has 0 aliphatic heterocycles. The van der Waals surface area contributed by atoms with Crippen molar-refractivity contribution in [3.8, 4) is 0 Å². The second-order valence-corrected chi connectivity index (χ2v) is 5.41. The first-order valence-corrected chi connectivity index (χ1v) is 6.52. The predicted molar refractivity (Wildman–Crippen MR) is 67.0 cm³/mol. The highest BCUT2D eigenvalue weighted by atomic mass is 32.2. The third kappa shape index (κ3) is 2.52. The van der Waals surface area contributed by atoms with Gasteiger partial charge in [0.05, 0.1) is 4.92 Å². The maximum absolute atomic E-state index is 13.5. The van der Waals surface area contributed by atoms with E-state index in [0.29, 0.717) is 6.54 Å². The molecule has 2 rings (SSSR count). The van der Waals surface area contributed by atoms with Crippen LogP contribution in [0.1, 0.15) is 12.8 Å². The van der Waals surface area contributed by atoms with Crippen LogP contribution in [0.5, 0.6) is 0 Å².